The number of hydrogen-bond acceptors (Lipinski definition) is 5. The summed E-state index contributed by atoms with van der Waals surface area (Å²) in [5.74, 6) is 2.29. The molecule has 1 atom stereocenters. The molecule has 0 spiro atoms. The van der Waals surface area contributed by atoms with E-state index in [4.69, 9.17) is 4.98 Å². The summed E-state index contributed by atoms with van der Waals surface area (Å²) in [7, 11) is 4.05. The maximum absolute atomic E-state index is 4.88. The molecule has 5 nitrogen and oxygen atoms in total. The van der Waals surface area contributed by atoms with Crippen molar-refractivity contribution < 1.29 is 0 Å². The van der Waals surface area contributed by atoms with Crippen LogP contribution in [0, 0.1) is 6.92 Å². The summed E-state index contributed by atoms with van der Waals surface area (Å²) >= 11 is 0. The Bertz CT molecular complexity index is 694. The largest absolute Gasteiger partial charge is 0.373 e. The quantitative estimate of drug-likeness (QED) is 0.847. The number of piperidine rings is 1. The van der Waals surface area contributed by atoms with Crippen molar-refractivity contribution in [3.63, 3.8) is 0 Å². The first-order valence-corrected chi connectivity index (χ1v) is 9.15. The average molecular weight is 339 g/mol. The minimum absolute atomic E-state index is 0.490. The molecule has 2 heterocycles. The van der Waals surface area contributed by atoms with Gasteiger partial charge in [-0.05, 0) is 44.5 Å². The lowest BCUT2D eigenvalue weighted by Crippen LogP contribution is -2.29. The minimum atomic E-state index is 0.490. The van der Waals surface area contributed by atoms with Gasteiger partial charge in [0, 0.05) is 32.1 Å². The van der Waals surface area contributed by atoms with E-state index in [1.54, 1.807) is 0 Å². The van der Waals surface area contributed by atoms with Crippen LogP contribution in [-0.2, 0) is 13.1 Å². The maximum Gasteiger partial charge on any atom is 0.144 e. The smallest absolute Gasteiger partial charge is 0.144 e. The summed E-state index contributed by atoms with van der Waals surface area (Å²) in [6.07, 6.45) is 2.41. The third-order valence-electron chi connectivity index (χ3n) is 4.88. The van der Waals surface area contributed by atoms with Gasteiger partial charge in [-0.3, -0.25) is 4.90 Å². The van der Waals surface area contributed by atoms with E-state index in [-0.39, 0.29) is 0 Å². The van der Waals surface area contributed by atoms with Gasteiger partial charge in [0.1, 0.15) is 11.6 Å². The number of rotatable bonds is 6. The van der Waals surface area contributed by atoms with Crippen LogP contribution in [0.15, 0.2) is 30.3 Å². The van der Waals surface area contributed by atoms with Crippen LogP contribution in [-0.4, -0.2) is 42.1 Å². The molecule has 0 radical (unpaired) electrons. The lowest BCUT2D eigenvalue weighted by molar-refractivity contribution is 0.309. The normalized spacial score (nSPS) is 17.7. The van der Waals surface area contributed by atoms with Crippen molar-refractivity contribution in [1.29, 1.82) is 0 Å². The van der Waals surface area contributed by atoms with Gasteiger partial charge >= 0.3 is 0 Å². The monoisotopic (exact) mass is 339 g/mol. The molecule has 1 aromatic carbocycles. The summed E-state index contributed by atoms with van der Waals surface area (Å²) in [6.45, 7) is 5.94. The van der Waals surface area contributed by atoms with Crippen LogP contribution in [0.1, 0.15) is 41.4 Å². The fraction of sp³-hybridized carbons (Fsp3) is 0.500. The Morgan fingerprint density at radius 1 is 1.24 bits per heavy atom. The highest BCUT2D eigenvalue weighted by Crippen LogP contribution is 2.23. The summed E-state index contributed by atoms with van der Waals surface area (Å²) in [5, 5.41) is 6.67. The van der Waals surface area contributed by atoms with Crippen LogP contribution < -0.4 is 10.6 Å². The van der Waals surface area contributed by atoms with Gasteiger partial charge in [-0.25, -0.2) is 9.97 Å². The van der Waals surface area contributed by atoms with Gasteiger partial charge in [0.05, 0.1) is 12.2 Å². The highest BCUT2D eigenvalue weighted by Gasteiger charge is 2.18. The molecular formula is C20H29N5. The van der Waals surface area contributed by atoms with E-state index in [0.717, 1.165) is 43.5 Å². The van der Waals surface area contributed by atoms with Crippen molar-refractivity contribution in [3.8, 4) is 0 Å². The first-order valence-electron chi connectivity index (χ1n) is 9.15. The second-order valence-corrected chi connectivity index (χ2v) is 6.99. The molecule has 0 bridgehead atoms. The van der Waals surface area contributed by atoms with Gasteiger partial charge in [0.25, 0.3) is 0 Å². The molecule has 1 aliphatic heterocycles. The van der Waals surface area contributed by atoms with Crippen LogP contribution in [0.4, 0.5) is 5.82 Å². The molecule has 3 rings (SSSR count). The Morgan fingerprint density at radius 2 is 2.08 bits per heavy atom. The van der Waals surface area contributed by atoms with Gasteiger partial charge in [0.15, 0.2) is 0 Å². The van der Waals surface area contributed by atoms with Crippen molar-refractivity contribution in [2.75, 3.05) is 32.5 Å². The van der Waals surface area contributed by atoms with Crippen molar-refractivity contribution >= 4 is 5.82 Å². The number of benzene rings is 1. The predicted octanol–water partition coefficient (Wildman–Crippen LogP) is 2.93. The molecule has 1 aromatic heterocycles. The predicted molar refractivity (Wildman–Crippen MR) is 103 cm³/mol. The van der Waals surface area contributed by atoms with Crippen LogP contribution in [0.3, 0.4) is 0 Å². The molecule has 1 saturated heterocycles. The van der Waals surface area contributed by atoms with E-state index in [1.807, 2.05) is 7.05 Å². The highest BCUT2D eigenvalue weighted by atomic mass is 15.1. The molecule has 0 amide bonds. The molecule has 0 unspecified atom stereocenters. The molecule has 2 N–H and O–H groups in total. The van der Waals surface area contributed by atoms with Crippen LogP contribution in [0.25, 0.3) is 0 Å². The number of nitrogens with zero attached hydrogens (tertiary/aromatic N) is 3. The highest BCUT2D eigenvalue weighted by molar-refractivity contribution is 5.36. The molecule has 134 valence electrons. The summed E-state index contributed by atoms with van der Waals surface area (Å²) in [4.78, 5) is 11.8. The zero-order chi connectivity index (χ0) is 17.6. The second-order valence-electron chi connectivity index (χ2n) is 6.99. The Hall–Kier alpha value is -1.98. The zero-order valence-corrected chi connectivity index (χ0v) is 15.5. The average Bonchev–Trinajstić information content (AvgIpc) is 2.64. The Morgan fingerprint density at radius 3 is 2.80 bits per heavy atom. The lowest BCUT2D eigenvalue weighted by atomic mass is 9.96. The number of hydrogen-bond donors (Lipinski definition) is 2. The first kappa shape index (κ1) is 17.8. The number of anilines is 1. The van der Waals surface area contributed by atoms with E-state index in [0.29, 0.717) is 5.92 Å². The molecule has 5 heteroatoms. The first-order chi connectivity index (χ1) is 12.2. The molecule has 0 saturated carbocycles. The van der Waals surface area contributed by atoms with Crippen molar-refractivity contribution in [1.82, 2.24) is 20.2 Å². The molecule has 1 aliphatic rings. The van der Waals surface area contributed by atoms with Crippen LogP contribution in [0.2, 0.25) is 0 Å². The van der Waals surface area contributed by atoms with Gasteiger partial charge in [-0.2, -0.15) is 0 Å². The van der Waals surface area contributed by atoms with Crippen LogP contribution in [0.5, 0.6) is 0 Å². The van der Waals surface area contributed by atoms with E-state index in [2.05, 4.69) is 64.8 Å². The topological polar surface area (TPSA) is 53.1 Å². The molecule has 2 aromatic rings. The summed E-state index contributed by atoms with van der Waals surface area (Å²) in [5.41, 5.74) is 3.84. The summed E-state index contributed by atoms with van der Waals surface area (Å²) in [6, 6.07) is 10.6. The second kappa shape index (κ2) is 8.41. The van der Waals surface area contributed by atoms with E-state index in [1.165, 1.54) is 24.0 Å². The van der Waals surface area contributed by atoms with Crippen LogP contribution >= 0.6 is 0 Å². The third kappa shape index (κ3) is 4.77. The van der Waals surface area contributed by atoms with E-state index < -0.39 is 0 Å². The fourth-order valence-corrected chi connectivity index (χ4v) is 3.41. The molecule has 0 aliphatic carbocycles. The molecule has 25 heavy (non-hydrogen) atoms. The SMILES string of the molecule is CNc1cc([C@H]2CCCNC2)nc(CN(C)Cc2ccccc2C)n1. The van der Waals surface area contributed by atoms with Crippen molar-refractivity contribution in [2.45, 2.75) is 38.8 Å². The Labute approximate surface area is 150 Å². The fourth-order valence-electron chi connectivity index (χ4n) is 3.41. The van der Waals surface area contributed by atoms with Gasteiger partial charge in [-0.1, -0.05) is 24.3 Å². The van der Waals surface area contributed by atoms with E-state index in [9.17, 15) is 0 Å². The van der Waals surface area contributed by atoms with Crippen molar-refractivity contribution in [3.05, 3.63) is 53.0 Å². The van der Waals surface area contributed by atoms with Crippen molar-refractivity contribution in [2.24, 2.45) is 0 Å². The summed E-state index contributed by atoms with van der Waals surface area (Å²) < 4.78 is 0. The van der Waals surface area contributed by atoms with Gasteiger partial charge < -0.3 is 10.6 Å². The Kier molecular flexibility index (Phi) is 6.00. The number of aromatic nitrogens is 2. The standard InChI is InChI=1S/C20H29N5/c1-15-7-4-5-8-17(15)13-25(3)14-20-23-18(11-19(21-2)24-20)16-9-6-10-22-12-16/h4-5,7-8,11,16,22H,6,9-10,12-14H2,1-3H3,(H,21,23,24)/t16-/m0/s1. The van der Waals surface area contributed by atoms with E-state index >= 15 is 0 Å². The lowest BCUT2D eigenvalue weighted by Gasteiger charge is -2.23. The zero-order valence-electron chi connectivity index (χ0n) is 15.5. The van der Waals surface area contributed by atoms with Gasteiger partial charge in [0.2, 0.25) is 0 Å². The number of nitrogens with one attached hydrogen (secondary N) is 2. The number of aryl methyl sites for hydroxylation is 1. The third-order valence-corrected chi connectivity index (χ3v) is 4.88. The van der Waals surface area contributed by atoms with Gasteiger partial charge in [-0.15, -0.1) is 0 Å². The Balaban J connectivity index is 1.73. The molecule has 1 fully saturated rings. The maximum atomic E-state index is 4.88. The minimum Gasteiger partial charge on any atom is -0.373 e. The molecular weight excluding hydrogens is 310 g/mol.